The third-order valence-electron chi connectivity index (χ3n) is 2.19. The molecule has 2 rings (SSSR count). The van der Waals surface area contributed by atoms with Gasteiger partial charge >= 0.3 is 0 Å². The summed E-state index contributed by atoms with van der Waals surface area (Å²) in [4.78, 5) is 8.55. The van der Waals surface area contributed by atoms with Gasteiger partial charge in [0.05, 0.1) is 6.54 Å². The summed E-state index contributed by atoms with van der Waals surface area (Å²) in [5.41, 5.74) is 2.65. The normalized spacial score (nSPS) is 15.6. The maximum Gasteiger partial charge on any atom is 0.120 e. The van der Waals surface area contributed by atoms with Crippen LogP contribution in [0.3, 0.4) is 0 Å². The lowest BCUT2D eigenvalue weighted by atomic mass is 10.1. The summed E-state index contributed by atoms with van der Waals surface area (Å²) >= 11 is 0. The molecular weight excluding hydrogens is 160 g/mol. The van der Waals surface area contributed by atoms with Gasteiger partial charge in [0, 0.05) is 12.6 Å². The Hall–Kier alpha value is -1.44. The minimum absolute atomic E-state index is 0.763. The fourth-order valence-corrected chi connectivity index (χ4v) is 1.43. The molecule has 0 saturated carbocycles. The van der Waals surface area contributed by atoms with Gasteiger partial charge in [-0.05, 0) is 18.1 Å². The van der Waals surface area contributed by atoms with E-state index < -0.39 is 0 Å². The standard InChI is InChI=1S/C11H12N2/c1-9-12-7-6-10-4-2-3-5-11(10)8-13-9/h2-5,7H,6,8H2,1H3. The second kappa shape index (κ2) is 3.52. The van der Waals surface area contributed by atoms with Crippen LogP contribution in [-0.2, 0) is 13.0 Å². The Morgan fingerprint density at radius 3 is 2.77 bits per heavy atom. The Morgan fingerprint density at radius 1 is 1.15 bits per heavy atom. The fourth-order valence-electron chi connectivity index (χ4n) is 1.43. The quantitative estimate of drug-likeness (QED) is 0.573. The first-order valence-corrected chi connectivity index (χ1v) is 4.46. The molecule has 1 heterocycles. The molecule has 0 spiro atoms. The molecule has 0 atom stereocenters. The van der Waals surface area contributed by atoms with E-state index in [2.05, 4.69) is 34.3 Å². The van der Waals surface area contributed by atoms with Gasteiger partial charge in [0.1, 0.15) is 5.84 Å². The average molecular weight is 172 g/mol. The third-order valence-corrected chi connectivity index (χ3v) is 2.19. The van der Waals surface area contributed by atoms with E-state index in [1.807, 2.05) is 13.1 Å². The lowest BCUT2D eigenvalue weighted by Gasteiger charge is -2.07. The summed E-state index contributed by atoms with van der Waals surface area (Å²) in [6.07, 6.45) is 2.85. The van der Waals surface area contributed by atoms with E-state index in [-0.39, 0.29) is 0 Å². The lowest BCUT2D eigenvalue weighted by Crippen LogP contribution is -2.00. The third kappa shape index (κ3) is 1.83. The topological polar surface area (TPSA) is 24.7 Å². The van der Waals surface area contributed by atoms with Crippen molar-refractivity contribution in [1.29, 1.82) is 0 Å². The highest BCUT2D eigenvalue weighted by atomic mass is 14.9. The van der Waals surface area contributed by atoms with Crippen molar-refractivity contribution in [3.63, 3.8) is 0 Å². The molecule has 13 heavy (non-hydrogen) atoms. The zero-order chi connectivity index (χ0) is 9.10. The molecule has 0 N–H and O–H groups in total. The first-order valence-electron chi connectivity index (χ1n) is 4.46. The molecule has 2 heteroatoms. The number of hydrogen-bond acceptors (Lipinski definition) is 2. The molecule has 0 aliphatic carbocycles. The van der Waals surface area contributed by atoms with Crippen LogP contribution in [0.4, 0.5) is 0 Å². The maximum absolute atomic E-state index is 4.34. The van der Waals surface area contributed by atoms with Crippen LogP contribution >= 0.6 is 0 Å². The van der Waals surface area contributed by atoms with Crippen molar-refractivity contribution in [3.8, 4) is 0 Å². The highest BCUT2D eigenvalue weighted by Crippen LogP contribution is 2.11. The fraction of sp³-hybridized carbons (Fsp3) is 0.273. The molecular formula is C11H12N2. The molecule has 1 aromatic rings. The molecule has 1 aliphatic heterocycles. The first kappa shape index (κ1) is 8.17. The molecule has 0 fully saturated rings. The van der Waals surface area contributed by atoms with Crippen LogP contribution in [0.5, 0.6) is 0 Å². The van der Waals surface area contributed by atoms with E-state index in [1.165, 1.54) is 11.1 Å². The van der Waals surface area contributed by atoms with E-state index >= 15 is 0 Å². The summed E-state index contributed by atoms with van der Waals surface area (Å²) in [7, 11) is 0. The predicted molar refractivity (Wildman–Crippen MR) is 55.5 cm³/mol. The largest absolute Gasteiger partial charge is 0.266 e. The lowest BCUT2D eigenvalue weighted by molar-refractivity contribution is 1.02. The van der Waals surface area contributed by atoms with Gasteiger partial charge in [-0.25, -0.2) is 4.99 Å². The van der Waals surface area contributed by atoms with Crippen molar-refractivity contribution < 1.29 is 0 Å². The van der Waals surface area contributed by atoms with Gasteiger partial charge in [-0.15, -0.1) is 0 Å². The minimum atomic E-state index is 0.763. The molecule has 0 amide bonds. The van der Waals surface area contributed by atoms with Crippen molar-refractivity contribution in [2.24, 2.45) is 9.98 Å². The van der Waals surface area contributed by atoms with Crippen LogP contribution in [0.2, 0.25) is 0 Å². The number of rotatable bonds is 0. The Morgan fingerprint density at radius 2 is 1.92 bits per heavy atom. The Bertz CT molecular complexity index is 364. The van der Waals surface area contributed by atoms with E-state index in [0.29, 0.717) is 0 Å². The number of aliphatic imine (C=N–C) groups is 2. The molecule has 66 valence electrons. The maximum atomic E-state index is 4.34. The highest BCUT2D eigenvalue weighted by molar-refractivity contribution is 5.88. The van der Waals surface area contributed by atoms with Gasteiger partial charge in [-0.3, -0.25) is 4.99 Å². The predicted octanol–water partition coefficient (Wildman–Crippen LogP) is 2.23. The summed E-state index contributed by atoms with van der Waals surface area (Å²) in [5.74, 6) is 0.870. The van der Waals surface area contributed by atoms with Gasteiger partial charge in [0.15, 0.2) is 0 Å². The second-order valence-electron chi connectivity index (χ2n) is 3.15. The molecule has 2 nitrogen and oxygen atoms in total. The smallest absolute Gasteiger partial charge is 0.120 e. The number of amidine groups is 1. The number of nitrogens with zero attached hydrogens (tertiary/aromatic N) is 2. The van der Waals surface area contributed by atoms with Crippen molar-refractivity contribution in [1.82, 2.24) is 0 Å². The Balaban J connectivity index is 2.39. The van der Waals surface area contributed by atoms with Gasteiger partial charge in [0.2, 0.25) is 0 Å². The SMILES string of the molecule is CC1=NCc2ccccc2CC=N1. The molecule has 1 aromatic carbocycles. The van der Waals surface area contributed by atoms with Crippen molar-refractivity contribution in [3.05, 3.63) is 35.4 Å². The van der Waals surface area contributed by atoms with Gasteiger partial charge in [-0.1, -0.05) is 24.3 Å². The van der Waals surface area contributed by atoms with Crippen molar-refractivity contribution in [2.45, 2.75) is 19.9 Å². The first-order chi connectivity index (χ1) is 6.36. The number of fused-ring (bicyclic) bond motifs is 1. The Kier molecular flexibility index (Phi) is 2.21. The zero-order valence-corrected chi connectivity index (χ0v) is 7.70. The summed E-state index contributed by atoms with van der Waals surface area (Å²) < 4.78 is 0. The zero-order valence-electron chi connectivity index (χ0n) is 7.70. The number of hydrogen-bond donors (Lipinski definition) is 0. The van der Waals surface area contributed by atoms with E-state index in [4.69, 9.17) is 0 Å². The van der Waals surface area contributed by atoms with Crippen molar-refractivity contribution in [2.75, 3.05) is 0 Å². The van der Waals surface area contributed by atoms with Gasteiger partial charge in [0.25, 0.3) is 0 Å². The molecule has 0 aromatic heterocycles. The van der Waals surface area contributed by atoms with Crippen LogP contribution in [0.1, 0.15) is 18.1 Å². The monoisotopic (exact) mass is 172 g/mol. The van der Waals surface area contributed by atoms with Gasteiger partial charge in [-0.2, -0.15) is 0 Å². The minimum Gasteiger partial charge on any atom is -0.266 e. The molecule has 0 radical (unpaired) electrons. The molecule has 0 unspecified atom stereocenters. The van der Waals surface area contributed by atoms with Crippen molar-refractivity contribution >= 4 is 12.1 Å². The van der Waals surface area contributed by atoms with Crippen LogP contribution in [-0.4, -0.2) is 12.1 Å². The summed E-state index contributed by atoms with van der Waals surface area (Å²) in [5, 5.41) is 0. The molecule has 1 aliphatic rings. The average Bonchev–Trinajstić information content (AvgIpc) is 2.13. The molecule has 0 bridgehead atoms. The van der Waals surface area contributed by atoms with E-state index in [0.717, 1.165) is 18.8 Å². The van der Waals surface area contributed by atoms with Crippen LogP contribution in [0.15, 0.2) is 34.3 Å². The molecule has 0 saturated heterocycles. The van der Waals surface area contributed by atoms with Crippen LogP contribution in [0.25, 0.3) is 0 Å². The Labute approximate surface area is 78.0 Å². The van der Waals surface area contributed by atoms with E-state index in [1.54, 1.807) is 0 Å². The van der Waals surface area contributed by atoms with E-state index in [9.17, 15) is 0 Å². The van der Waals surface area contributed by atoms with Crippen LogP contribution < -0.4 is 0 Å². The second-order valence-corrected chi connectivity index (χ2v) is 3.15. The highest BCUT2D eigenvalue weighted by Gasteiger charge is 2.01. The number of benzene rings is 1. The van der Waals surface area contributed by atoms with Crippen LogP contribution in [0, 0.1) is 0 Å². The summed E-state index contributed by atoms with van der Waals surface area (Å²) in [6, 6.07) is 8.39. The summed E-state index contributed by atoms with van der Waals surface area (Å²) in [6.45, 7) is 2.70. The van der Waals surface area contributed by atoms with Gasteiger partial charge < -0.3 is 0 Å².